The fourth-order valence-electron chi connectivity index (χ4n) is 7.07. The Morgan fingerprint density at radius 2 is 1.39 bits per heavy atom. The van der Waals surface area contributed by atoms with Crippen LogP contribution < -0.4 is 4.74 Å². The quantitative estimate of drug-likeness (QED) is 0.161. The number of para-hydroxylation sites is 1. The molecular formula is C45H31F3N2O. The van der Waals surface area contributed by atoms with E-state index in [-0.39, 0.29) is 5.52 Å². The largest absolute Gasteiger partial charge is 0.489 e. The van der Waals surface area contributed by atoms with Crippen LogP contribution in [0.4, 0.5) is 13.2 Å². The Morgan fingerprint density at radius 3 is 2.20 bits per heavy atom. The van der Waals surface area contributed by atoms with Gasteiger partial charge in [0.25, 0.3) is 0 Å². The van der Waals surface area contributed by atoms with Gasteiger partial charge in [-0.1, -0.05) is 109 Å². The highest BCUT2D eigenvalue weighted by Gasteiger charge is 2.34. The summed E-state index contributed by atoms with van der Waals surface area (Å²) in [7, 11) is 0. The third kappa shape index (κ3) is 6.47. The Morgan fingerprint density at radius 1 is 0.647 bits per heavy atom. The summed E-state index contributed by atoms with van der Waals surface area (Å²) < 4.78 is 50.0. The van der Waals surface area contributed by atoms with E-state index in [0.29, 0.717) is 48.3 Å². The average Bonchev–Trinajstić information content (AvgIpc) is 3.52. The number of ether oxygens (including phenoxy) is 1. The Hall–Kier alpha value is -6.19. The number of halogens is 3. The van der Waals surface area contributed by atoms with Crippen LogP contribution in [0.3, 0.4) is 0 Å². The first-order chi connectivity index (χ1) is 24.8. The molecule has 3 nitrogen and oxygen atoms in total. The smallest absolute Gasteiger partial charge is 0.418 e. The third-order valence-electron chi connectivity index (χ3n) is 9.51. The van der Waals surface area contributed by atoms with E-state index < -0.39 is 11.7 Å². The normalized spacial score (nSPS) is 12.0. The van der Waals surface area contributed by atoms with E-state index in [1.54, 1.807) is 6.07 Å². The first kappa shape index (κ1) is 32.0. The molecule has 0 saturated heterocycles. The molecule has 6 heteroatoms. The fourth-order valence-corrected chi connectivity index (χ4v) is 7.07. The summed E-state index contributed by atoms with van der Waals surface area (Å²) in [5.41, 5.74) is 10.4. The van der Waals surface area contributed by atoms with Gasteiger partial charge in [0.05, 0.1) is 29.3 Å². The molecule has 0 atom stereocenters. The highest BCUT2D eigenvalue weighted by molar-refractivity contribution is 5.99. The van der Waals surface area contributed by atoms with Gasteiger partial charge in [0.1, 0.15) is 12.4 Å². The van der Waals surface area contributed by atoms with Crippen molar-refractivity contribution in [2.24, 2.45) is 0 Å². The Labute approximate surface area is 294 Å². The summed E-state index contributed by atoms with van der Waals surface area (Å²) in [6, 6.07) is 46.3. The van der Waals surface area contributed by atoms with Gasteiger partial charge in [0, 0.05) is 10.9 Å². The number of fused-ring (bicyclic) bond motifs is 4. The van der Waals surface area contributed by atoms with E-state index >= 15 is 0 Å². The minimum absolute atomic E-state index is 0.0843. The lowest BCUT2D eigenvalue weighted by Gasteiger charge is -2.18. The van der Waals surface area contributed by atoms with Crippen molar-refractivity contribution in [1.82, 2.24) is 4.98 Å². The minimum Gasteiger partial charge on any atom is -0.489 e. The first-order valence-corrected chi connectivity index (χ1v) is 16.8. The maximum absolute atomic E-state index is 14.6. The van der Waals surface area contributed by atoms with Crippen LogP contribution in [0.2, 0.25) is 0 Å². The lowest BCUT2D eigenvalue weighted by Crippen LogP contribution is -2.07. The summed E-state index contributed by atoms with van der Waals surface area (Å²) in [6.07, 6.45) is -2.90. The van der Waals surface area contributed by atoms with Crippen LogP contribution in [0.25, 0.3) is 44.4 Å². The molecule has 1 aliphatic carbocycles. The Balaban J connectivity index is 1.27. The van der Waals surface area contributed by atoms with Crippen molar-refractivity contribution in [1.29, 1.82) is 5.26 Å². The molecule has 0 fully saturated rings. The molecule has 8 rings (SSSR count). The van der Waals surface area contributed by atoms with Crippen LogP contribution in [-0.2, 0) is 32.0 Å². The van der Waals surface area contributed by atoms with Crippen LogP contribution in [0.5, 0.6) is 5.75 Å². The van der Waals surface area contributed by atoms with Crippen LogP contribution >= 0.6 is 0 Å². The molecule has 248 valence electrons. The number of benzene rings is 6. The molecule has 0 spiro atoms. The second kappa shape index (κ2) is 13.3. The van der Waals surface area contributed by atoms with Crippen molar-refractivity contribution in [3.05, 3.63) is 178 Å². The second-order valence-electron chi connectivity index (χ2n) is 12.9. The van der Waals surface area contributed by atoms with Gasteiger partial charge in [-0.05, 0) is 98.8 Å². The molecule has 6 aromatic carbocycles. The molecule has 0 unspecified atom stereocenters. The van der Waals surface area contributed by atoms with E-state index in [1.165, 1.54) is 11.6 Å². The van der Waals surface area contributed by atoms with E-state index in [9.17, 15) is 13.2 Å². The summed E-state index contributed by atoms with van der Waals surface area (Å²) in [6.45, 7) is 0.303. The zero-order valence-electron chi connectivity index (χ0n) is 27.5. The summed E-state index contributed by atoms with van der Waals surface area (Å²) in [5.74, 6) is 0.591. The summed E-state index contributed by atoms with van der Waals surface area (Å²) in [5, 5.41) is 9.39. The van der Waals surface area contributed by atoms with Crippen LogP contribution in [0.1, 0.15) is 38.9 Å². The maximum Gasteiger partial charge on any atom is 0.418 e. The highest BCUT2D eigenvalue weighted by atomic mass is 19.4. The van der Waals surface area contributed by atoms with Crippen LogP contribution in [0, 0.1) is 11.3 Å². The first-order valence-electron chi connectivity index (χ1n) is 16.8. The number of nitrogens with zero attached hydrogens (tertiary/aromatic N) is 2. The lowest BCUT2D eigenvalue weighted by molar-refractivity contribution is -0.136. The van der Waals surface area contributed by atoms with Crippen LogP contribution in [-0.4, -0.2) is 4.98 Å². The number of alkyl halides is 3. The van der Waals surface area contributed by atoms with Gasteiger partial charge < -0.3 is 4.74 Å². The van der Waals surface area contributed by atoms with Gasteiger partial charge in [-0.15, -0.1) is 0 Å². The molecule has 1 aromatic heterocycles. The zero-order chi connectivity index (χ0) is 35.0. The SMILES string of the molecule is N#CCc1ccc(COc2cccc(-c3cc(-c4cc(Cc5ccccc5)cc5c4Cc4ccccc4-5)nc4c(C(F)(F)F)cccc34)c2)cc1. The monoisotopic (exact) mass is 672 g/mol. The Bertz CT molecular complexity index is 2450. The molecule has 1 heterocycles. The number of pyridine rings is 1. The van der Waals surface area contributed by atoms with Gasteiger partial charge in [-0.3, -0.25) is 0 Å². The van der Waals surface area contributed by atoms with Crippen molar-refractivity contribution in [3.63, 3.8) is 0 Å². The molecule has 0 radical (unpaired) electrons. The average molecular weight is 673 g/mol. The summed E-state index contributed by atoms with van der Waals surface area (Å²) in [4.78, 5) is 4.83. The predicted molar refractivity (Wildman–Crippen MR) is 195 cm³/mol. The van der Waals surface area contributed by atoms with Gasteiger partial charge in [0.15, 0.2) is 0 Å². The van der Waals surface area contributed by atoms with Crippen molar-refractivity contribution in [2.45, 2.75) is 32.0 Å². The topological polar surface area (TPSA) is 45.9 Å². The fraction of sp³-hybridized carbons (Fsp3) is 0.111. The molecular weight excluding hydrogens is 642 g/mol. The Kier molecular flexibility index (Phi) is 8.33. The number of aromatic nitrogens is 1. The third-order valence-corrected chi connectivity index (χ3v) is 9.51. The van der Waals surface area contributed by atoms with Crippen molar-refractivity contribution < 1.29 is 17.9 Å². The summed E-state index contributed by atoms with van der Waals surface area (Å²) >= 11 is 0. The van der Waals surface area contributed by atoms with E-state index in [1.807, 2.05) is 84.9 Å². The second-order valence-corrected chi connectivity index (χ2v) is 12.9. The van der Waals surface area contributed by atoms with E-state index in [2.05, 4.69) is 42.5 Å². The van der Waals surface area contributed by atoms with Crippen LogP contribution in [0.15, 0.2) is 140 Å². The van der Waals surface area contributed by atoms with Crippen molar-refractivity contribution >= 4 is 10.9 Å². The van der Waals surface area contributed by atoms with Gasteiger partial charge in [0.2, 0.25) is 0 Å². The van der Waals surface area contributed by atoms with Gasteiger partial charge in [-0.25, -0.2) is 4.98 Å². The standard InChI is InChI=1S/C45H31F3N2O/c46-45(47,48)42-15-7-14-37-38(33-11-6-12-35(25-33)51-28-31-18-16-29(17-19-31)20-21-49)27-43(50-44(37)42)41-24-32(22-30-8-2-1-3-9-30)23-39-36-13-5-4-10-34(36)26-40(39)41/h1-19,23-25,27H,20,22,26,28H2. The van der Waals surface area contributed by atoms with E-state index in [0.717, 1.165) is 56.1 Å². The molecule has 51 heavy (non-hydrogen) atoms. The number of nitriles is 1. The zero-order valence-corrected chi connectivity index (χ0v) is 27.5. The molecule has 1 aliphatic rings. The number of hydrogen-bond donors (Lipinski definition) is 0. The van der Waals surface area contributed by atoms with Gasteiger partial charge in [-0.2, -0.15) is 18.4 Å². The maximum atomic E-state index is 14.6. The van der Waals surface area contributed by atoms with Gasteiger partial charge >= 0.3 is 6.18 Å². The minimum atomic E-state index is -4.59. The molecule has 7 aromatic rings. The lowest BCUT2D eigenvalue weighted by atomic mass is 9.91. The van der Waals surface area contributed by atoms with Crippen molar-refractivity contribution in [3.8, 4) is 45.3 Å². The molecule has 0 saturated carbocycles. The highest BCUT2D eigenvalue weighted by Crippen LogP contribution is 2.45. The molecule has 0 bridgehead atoms. The number of rotatable bonds is 8. The van der Waals surface area contributed by atoms with E-state index in [4.69, 9.17) is 15.0 Å². The molecule has 0 N–H and O–H groups in total. The molecule has 0 amide bonds. The number of hydrogen-bond acceptors (Lipinski definition) is 3. The molecule has 0 aliphatic heterocycles. The van der Waals surface area contributed by atoms with Crippen molar-refractivity contribution in [2.75, 3.05) is 0 Å². The predicted octanol–water partition coefficient (Wildman–Crippen LogP) is 11.4.